The van der Waals surface area contributed by atoms with Crippen molar-refractivity contribution < 1.29 is 4.74 Å². The Labute approximate surface area is 112 Å². The van der Waals surface area contributed by atoms with E-state index in [1.807, 2.05) is 0 Å². The van der Waals surface area contributed by atoms with Crippen molar-refractivity contribution in [1.29, 1.82) is 0 Å². The van der Waals surface area contributed by atoms with Crippen LogP contribution in [0.25, 0.3) is 0 Å². The Bertz CT molecular complexity index is 383. The molecule has 0 saturated carbocycles. The molecule has 2 heteroatoms. The molecule has 0 fully saturated rings. The molecule has 102 valence electrons. The molecule has 0 radical (unpaired) electrons. The molecule has 0 spiro atoms. The zero-order valence-electron chi connectivity index (χ0n) is 12.6. The van der Waals surface area contributed by atoms with Gasteiger partial charge in [0, 0.05) is 7.11 Å². The van der Waals surface area contributed by atoms with Crippen LogP contribution in [0.4, 0.5) is 0 Å². The van der Waals surface area contributed by atoms with E-state index < -0.39 is 0 Å². The Kier molecular flexibility index (Phi) is 5.83. The second-order valence-corrected chi connectivity index (χ2v) is 5.01. The van der Waals surface area contributed by atoms with E-state index in [2.05, 4.69) is 52.1 Å². The van der Waals surface area contributed by atoms with Gasteiger partial charge in [0.15, 0.2) is 0 Å². The summed E-state index contributed by atoms with van der Waals surface area (Å²) >= 11 is 0. The predicted octanol–water partition coefficient (Wildman–Crippen LogP) is 3.69. The molecule has 0 saturated heterocycles. The van der Waals surface area contributed by atoms with E-state index in [1.165, 1.54) is 22.3 Å². The monoisotopic (exact) mass is 249 g/mol. The lowest BCUT2D eigenvalue weighted by Gasteiger charge is -2.28. The van der Waals surface area contributed by atoms with Crippen molar-refractivity contribution in [2.24, 2.45) is 0 Å². The number of nitrogens with one attached hydrogen (secondary N) is 1. The highest BCUT2D eigenvalue weighted by Crippen LogP contribution is 2.26. The van der Waals surface area contributed by atoms with Gasteiger partial charge in [0.05, 0.1) is 12.1 Å². The van der Waals surface area contributed by atoms with Crippen molar-refractivity contribution in [1.82, 2.24) is 5.32 Å². The fourth-order valence-corrected chi connectivity index (χ4v) is 2.52. The number of hydrogen-bond acceptors (Lipinski definition) is 2. The minimum Gasteiger partial charge on any atom is -0.379 e. The van der Waals surface area contributed by atoms with Crippen LogP contribution in [-0.4, -0.2) is 19.8 Å². The fourth-order valence-electron chi connectivity index (χ4n) is 2.52. The number of hydrogen-bond donors (Lipinski definition) is 1. The smallest absolute Gasteiger partial charge is 0.0763 e. The largest absolute Gasteiger partial charge is 0.379 e. The molecule has 0 amide bonds. The van der Waals surface area contributed by atoms with Gasteiger partial charge in [0.1, 0.15) is 0 Å². The molecule has 0 aliphatic rings. The maximum absolute atomic E-state index is 5.63. The molecule has 1 N–H and O–H groups in total. The van der Waals surface area contributed by atoms with Crippen molar-refractivity contribution in [2.75, 3.05) is 13.7 Å². The third-order valence-corrected chi connectivity index (χ3v) is 3.72. The summed E-state index contributed by atoms with van der Waals surface area (Å²) in [5.74, 6) is 0. The van der Waals surface area contributed by atoms with Crippen LogP contribution in [0, 0.1) is 20.8 Å². The van der Waals surface area contributed by atoms with E-state index in [0.717, 1.165) is 13.0 Å². The van der Waals surface area contributed by atoms with E-state index in [1.54, 1.807) is 7.11 Å². The first-order valence-electron chi connectivity index (χ1n) is 6.89. The Morgan fingerprint density at radius 1 is 1.06 bits per heavy atom. The quantitative estimate of drug-likeness (QED) is 0.830. The van der Waals surface area contributed by atoms with Crippen LogP contribution in [-0.2, 0) is 4.74 Å². The first-order valence-corrected chi connectivity index (χ1v) is 6.89. The summed E-state index contributed by atoms with van der Waals surface area (Å²) in [4.78, 5) is 0. The van der Waals surface area contributed by atoms with E-state index in [9.17, 15) is 0 Å². The summed E-state index contributed by atoms with van der Waals surface area (Å²) < 4.78 is 5.63. The third kappa shape index (κ3) is 3.33. The first kappa shape index (κ1) is 15.2. The first-order chi connectivity index (χ1) is 8.54. The highest BCUT2D eigenvalue weighted by molar-refractivity contribution is 5.38. The molecule has 2 unspecified atom stereocenters. The summed E-state index contributed by atoms with van der Waals surface area (Å²) in [6, 6.07) is 4.86. The fraction of sp³-hybridized carbons (Fsp3) is 0.625. The van der Waals surface area contributed by atoms with Gasteiger partial charge in [-0.25, -0.2) is 0 Å². The minimum atomic E-state index is 0.228. The summed E-state index contributed by atoms with van der Waals surface area (Å²) in [6.07, 6.45) is 1.24. The summed E-state index contributed by atoms with van der Waals surface area (Å²) in [5, 5.41) is 3.56. The molecule has 0 heterocycles. The number of benzene rings is 1. The topological polar surface area (TPSA) is 21.3 Å². The molecule has 2 atom stereocenters. The molecular weight excluding hydrogens is 222 g/mol. The normalized spacial score (nSPS) is 14.6. The molecule has 1 aromatic carbocycles. The molecular formula is C16H27NO. The number of rotatable bonds is 6. The van der Waals surface area contributed by atoms with Crippen LogP contribution in [0.1, 0.15) is 48.6 Å². The maximum atomic E-state index is 5.63. The summed E-state index contributed by atoms with van der Waals surface area (Å²) in [6.45, 7) is 11.8. The van der Waals surface area contributed by atoms with E-state index in [-0.39, 0.29) is 12.1 Å². The van der Waals surface area contributed by atoms with Gasteiger partial charge in [0.25, 0.3) is 0 Å². The number of likely N-dealkylation sites (N-methyl/N-ethyl adjacent to an activating group) is 1. The van der Waals surface area contributed by atoms with Gasteiger partial charge in [-0.05, 0) is 56.0 Å². The lowest BCUT2D eigenvalue weighted by Crippen LogP contribution is -2.33. The number of aryl methyl sites for hydroxylation is 3. The van der Waals surface area contributed by atoms with E-state index in [0.29, 0.717) is 0 Å². The Hall–Kier alpha value is -0.860. The van der Waals surface area contributed by atoms with Gasteiger partial charge < -0.3 is 10.1 Å². The molecule has 1 aromatic rings. The van der Waals surface area contributed by atoms with Crippen LogP contribution < -0.4 is 5.32 Å². The van der Waals surface area contributed by atoms with Crippen LogP contribution in [0.3, 0.4) is 0 Å². The summed E-state index contributed by atoms with van der Waals surface area (Å²) in [7, 11) is 1.80. The lowest BCUT2D eigenvalue weighted by molar-refractivity contribution is 0.0654. The van der Waals surface area contributed by atoms with Crippen LogP contribution >= 0.6 is 0 Å². The van der Waals surface area contributed by atoms with Crippen LogP contribution in [0.15, 0.2) is 12.1 Å². The van der Waals surface area contributed by atoms with Crippen molar-refractivity contribution >= 4 is 0 Å². The van der Waals surface area contributed by atoms with Gasteiger partial charge in [-0.3, -0.25) is 0 Å². The van der Waals surface area contributed by atoms with Crippen molar-refractivity contribution in [2.45, 2.75) is 53.2 Å². The zero-order valence-corrected chi connectivity index (χ0v) is 12.6. The third-order valence-electron chi connectivity index (χ3n) is 3.72. The SMILES string of the molecule is CCNC(c1cc(C)c(C)cc1C)C(CC)OC. The van der Waals surface area contributed by atoms with Gasteiger partial charge in [-0.2, -0.15) is 0 Å². The van der Waals surface area contributed by atoms with Crippen molar-refractivity contribution in [3.8, 4) is 0 Å². The average Bonchev–Trinajstić information content (AvgIpc) is 2.34. The van der Waals surface area contributed by atoms with Crippen LogP contribution in [0.5, 0.6) is 0 Å². The molecule has 0 aromatic heterocycles. The van der Waals surface area contributed by atoms with E-state index >= 15 is 0 Å². The van der Waals surface area contributed by atoms with Gasteiger partial charge in [0.2, 0.25) is 0 Å². The molecule has 0 aliphatic heterocycles. The molecule has 18 heavy (non-hydrogen) atoms. The lowest BCUT2D eigenvalue weighted by atomic mass is 9.92. The standard InChI is InChI=1S/C16H27NO/c1-7-15(18-6)16(17-8-2)14-10-12(4)11(3)9-13(14)5/h9-10,15-17H,7-8H2,1-6H3. The maximum Gasteiger partial charge on any atom is 0.0763 e. The van der Waals surface area contributed by atoms with Gasteiger partial charge in [-0.15, -0.1) is 0 Å². The second-order valence-electron chi connectivity index (χ2n) is 5.01. The second kappa shape index (κ2) is 6.91. The Balaban J connectivity index is 3.16. The predicted molar refractivity (Wildman–Crippen MR) is 78.2 cm³/mol. The number of ether oxygens (including phenoxy) is 1. The van der Waals surface area contributed by atoms with Crippen LogP contribution in [0.2, 0.25) is 0 Å². The number of methoxy groups -OCH3 is 1. The molecule has 1 rings (SSSR count). The minimum absolute atomic E-state index is 0.228. The molecule has 2 nitrogen and oxygen atoms in total. The highest BCUT2D eigenvalue weighted by atomic mass is 16.5. The van der Waals surface area contributed by atoms with Crippen molar-refractivity contribution in [3.63, 3.8) is 0 Å². The summed E-state index contributed by atoms with van der Waals surface area (Å²) in [5.41, 5.74) is 5.43. The Morgan fingerprint density at radius 2 is 1.67 bits per heavy atom. The average molecular weight is 249 g/mol. The zero-order chi connectivity index (χ0) is 13.7. The molecule has 0 bridgehead atoms. The van der Waals surface area contributed by atoms with Crippen molar-refractivity contribution in [3.05, 3.63) is 34.4 Å². The van der Waals surface area contributed by atoms with Gasteiger partial charge in [-0.1, -0.05) is 26.0 Å². The van der Waals surface area contributed by atoms with Gasteiger partial charge >= 0.3 is 0 Å². The Morgan fingerprint density at radius 3 is 2.17 bits per heavy atom. The molecule has 0 aliphatic carbocycles. The van der Waals surface area contributed by atoms with E-state index in [4.69, 9.17) is 4.74 Å². The highest BCUT2D eigenvalue weighted by Gasteiger charge is 2.22.